The van der Waals surface area contributed by atoms with Crippen molar-refractivity contribution in [2.45, 2.75) is 25.4 Å². The fourth-order valence-electron chi connectivity index (χ4n) is 3.26. The Bertz CT molecular complexity index is 894. The minimum Gasteiger partial charge on any atom is -0.497 e. The molecule has 2 aromatic carbocycles. The molecule has 1 saturated heterocycles. The number of carbonyl (C=O) groups excluding carboxylic acids is 2. The molecule has 0 N–H and O–H groups in total. The number of amides is 2. The Hall–Kier alpha value is -3.22. The van der Waals surface area contributed by atoms with Crippen LogP contribution in [0.15, 0.2) is 58.9 Å². The topological polar surface area (TPSA) is 74.6 Å². The minimum atomic E-state index is -0.820. The molecule has 0 radical (unpaired) electrons. The van der Waals surface area contributed by atoms with Crippen LogP contribution in [0.4, 0.5) is 11.4 Å². The molecule has 0 spiro atoms. The first-order valence-corrected chi connectivity index (χ1v) is 8.45. The summed E-state index contributed by atoms with van der Waals surface area (Å²) < 4.78 is 5.22. The summed E-state index contributed by atoms with van der Waals surface area (Å²) >= 11 is 0. The molecule has 132 valence electrons. The van der Waals surface area contributed by atoms with Crippen molar-refractivity contribution in [1.82, 2.24) is 0 Å². The highest BCUT2D eigenvalue weighted by molar-refractivity contribution is 6.26. The molecule has 2 aliphatic rings. The zero-order chi connectivity index (χ0) is 18.3. The van der Waals surface area contributed by atoms with Crippen molar-refractivity contribution in [2.75, 3.05) is 17.0 Å². The van der Waals surface area contributed by atoms with E-state index in [2.05, 4.69) is 17.3 Å². The molecule has 7 nitrogen and oxygen atoms in total. The Morgan fingerprint density at radius 3 is 2.50 bits per heavy atom. The third-order valence-corrected chi connectivity index (χ3v) is 4.70. The molecule has 7 heteroatoms. The molecule has 2 heterocycles. The maximum absolute atomic E-state index is 13.0. The SMILES string of the molecule is CCc1ccc(N2C(=O)[C@H]3N=NN(c4cccc(OC)c4)[C@@H]3C2=O)cc1. The van der Waals surface area contributed by atoms with Crippen LogP contribution in [-0.2, 0) is 16.0 Å². The molecule has 2 aliphatic heterocycles. The van der Waals surface area contributed by atoms with E-state index in [9.17, 15) is 9.59 Å². The molecule has 2 atom stereocenters. The summed E-state index contributed by atoms with van der Waals surface area (Å²) in [6, 6.07) is 13.0. The first-order chi connectivity index (χ1) is 12.6. The number of benzene rings is 2. The Balaban J connectivity index is 1.66. The highest BCUT2D eigenvalue weighted by Gasteiger charge is 2.55. The minimum absolute atomic E-state index is 0.322. The predicted octanol–water partition coefficient (Wildman–Crippen LogP) is 2.76. The summed E-state index contributed by atoms with van der Waals surface area (Å²) in [6.07, 6.45) is 0.894. The molecule has 1 fully saturated rings. The lowest BCUT2D eigenvalue weighted by Crippen LogP contribution is -2.39. The second kappa shape index (κ2) is 6.25. The summed E-state index contributed by atoms with van der Waals surface area (Å²) in [6.45, 7) is 2.05. The number of fused-ring (bicyclic) bond motifs is 1. The van der Waals surface area contributed by atoms with E-state index in [0.29, 0.717) is 17.1 Å². The standard InChI is InChI=1S/C19H18N4O3/c1-3-12-7-9-13(10-8-12)22-18(24)16-17(19(22)25)23(21-20-16)14-5-4-6-15(11-14)26-2/h4-11,16-17H,3H2,1-2H3/t16-,17-/m0/s1. The van der Waals surface area contributed by atoms with Gasteiger partial charge >= 0.3 is 0 Å². The zero-order valence-electron chi connectivity index (χ0n) is 14.5. The number of imide groups is 1. The lowest BCUT2D eigenvalue weighted by Gasteiger charge is -2.21. The Morgan fingerprint density at radius 1 is 1.04 bits per heavy atom. The average molecular weight is 350 g/mol. The van der Waals surface area contributed by atoms with Crippen LogP contribution in [0.3, 0.4) is 0 Å². The van der Waals surface area contributed by atoms with E-state index in [4.69, 9.17) is 4.74 Å². The van der Waals surface area contributed by atoms with Crippen molar-refractivity contribution < 1.29 is 14.3 Å². The largest absolute Gasteiger partial charge is 0.497 e. The van der Waals surface area contributed by atoms with Gasteiger partial charge < -0.3 is 4.74 Å². The molecular formula is C19H18N4O3. The molecule has 2 amide bonds. The molecule has 0 saturated carbocycles. The van der Waals surface area contributed by atoms with Crippen LogP contribution in [0.2, 0.25) is 0 Å². The number of carbonyl (C=O) groups is 2. The van der Waals surface area contributed by atoms with Gasteiger partial charge in [0.2, 0.25) is 0 Å². The van der Waals surface area contributed by atoms with Gasteiger partial charge in [0.15, 0.2) is 12.1 Å². The van der Waals surface area contributed by atoms with Crippen molar-refractivity contribution >= 4 is 23.2 Å². The second-order valence-electron chi connectivity index (χ2n) is 6.17. The van der Waals surface area contributed by atoms with Crippen LogP contribution in [0.1, 0.15) is 12.5 Å². The number of hydrogen-bond acceptors (Lipinski definition) is 6. The van der Waals surface area contributed by atoms with E-state index in [0.717, 1.165) is 12.0 Å². The Kier molecular flexibility index (Phi) is 3.91. The lowest BCUT2D eigenvalue weighted by molar-refractivity contribution is -0.121. The van der Waals surface area contributed by atoms with Gasteiger partial charge in [0.25, 0.3) is 11.8 Å². The van der Waals surface area contributed by atoms with Crippen molar-refractivity contribution in [3.05, 3.63) is 54.1 Å². The smallest absolute Gasteiger partial charge is 0.263 e. The third kappa shape index (κ3) is 2.44. The van der Waals surface area contributed by atoms with Crippen LogP contribution in [0.5, 0.6) is 5.75 Å². The van der Waals surface area contributed by atoms with Crippen molar-refractivity contribution in [3.8, 4) is 5.75 Å². The van der Waals surface area contributed by atoms with Gasteiger partial charge in [-0.25, -0.2) is 9.91 Å². The summed E-state index contributed by atoms with van der Waals surface area (Å²) in [4.78, 5) is 27.0. The predicted molar refractivity (Wildman–Crippen MR) is 96.2 cm³/mol. The molecule has 26 heavy (non-hydrogen) atoms. The van der Waals surface area contributed by atoms with Gasteiger partial charge in [0, 0.05) is 6.07 Å². The van der Waals surface area contributed by atoms with Gasteiger partial charge in [-0.15, -0.1) is 0 Å². The van der Waals surface area contributed by atoms with E-state index >= 15 is 0 Å². The van der Waals surface area contributed by atoms with Gasteiger partial charge in [-0.3, -0.25) is 9.59 Å². The molecule has 4 rings (SSSR count). The fourth-order valence-corrected chi connectivity index (χ4v) is 3.26. The van der Waals surface area contributed by atoms with Crippen molar-refractivity contribution in [1.29, 1.82) is 0 Å². The van der Waals surface area contributed by atoms with Gasteiger partial charge in [0.1, 0.15) is 5.75 Å². The maximum atomic E-state index is 13.0. The van der Waals surface area contributed by atoms with E-state index in [1.807, 2.05) is 12.1 Å². The summed E-state index contributed by atoms with van der Waals surface area (Å²) in [7, 11) is 1.57. The first kappa shape index (κ1) is 16.3. The molecular weight excluding hydrogens is 332 g/mol. The molecule has 0 aromatic heterocycles. The number of methoxy groups -OCH3 is 1. The monoisotopic (exact) mass is 350 g/mol. The number of rotatable bonds is 4. The van der Waals surface area contributed by atoms with E-state index in [-0.39, 0.29) is 11.8 Å². The number of aryl methyl sites for hydroxylation is 1. The summed E-state index contributed by atoms with van der Waals surface area (Å²) in [5.74, 6) is -0.0274. The summed E-state index contributed by atoms with van der Waals surface area (Å²) in [5.41, 5.74) is 2.36. The van der Waals surface area contributed by atoms with E-state index in [1.165, 1.54) is 9.91 Å². The maximum Gasteiger partial charge on any atom is 0.263 e. The number of nitrogens with zero attached hydrogens (tertiary/aromatic N) is 4. The average Bonchev–Trinajstić information content (AvgIpc) is 3.22. The normalized spacial score (nSPS) is 21.5. The number of anilines is 2. The zero-order valence-corrected chi connectivity index (χ0v) is 14.5. The Morgan fingerprint density at radius 2 is 1.81 bits per heavy atom. The first-order valence-electron chi connectivity index (χ1n) is 8.45. The van der Waals surface area contributed by atoms with Crippen LogP contribution in [-0.4, -0.2) is 31.0 Å². The van der Waals surface area contributed by atoms with Gasteiger partial charge in [0.05, 0.1) is 18.5 Å². The van der Waals surface area contributed by atoms with Gasteiger partial charge in [-0.05, 0) is 36.2 Å². The highest BCUT2D eigenvalue weighted by Crippen LogP contribution is 2.35. The van der Waals surface area contributed by atoms with Crippen molar-refractivity contribution in [3.63, 3.8) is 0 Å². The van der Waals surface area contributed by atoms with Crippen LogP contribution in [0.25, 0.3) is 0 Å². The third-order valence-electron chi connectivity index (χ3n) is 4.70. The molecule has 2 aromatic rings. The molecule has 0 bridgehead atoms. The second-order valence-corrected chi connectivity index (χ2v) is 6.17. The fraction of sp³-hybridized carbons (Fsp3) is 0.263. The van der Waals surface area contributed by atoms with Crippen LogP contribution in [0, 0.1) is 0 Å². The number of hydrogen-bond donors (Lipinski definition) is 0. The van der Waals surface area contributed by atoms with Gasteiger partial charge in [-0.1, -0.05) is 30.3 Å². The lowest BCUT2D eigenvalue weighted by atomic mass is 10.1. The molecule has 0 unspecified atom stereocenters. The van der Waals surface area contributed by atoms with Crippen LogP contribution >= 0.6 is 0 Å². The van der Waals surface area contributed by atoms with Gasteiger partial charge in [-0.2, -0.15) is 5.11 Å². The van der Waals surface area contributed by atoms with E-state index in [1.54, 1.807) is 43.5 Å². The quantitative estimate of drug-likeness (QED) is 0.795. The number of ether oxygens (including phenoxy) is 1. The van der Waals surface area contributed by atoms with Crippen molar-refractivity contribution in [2.24, 2.45) is 10.3 Å². The summed E-state index contributed by atoms with van der Waals surface area (Å²) in [5, 5.41) is 9.60. The highest BCUT2D eigenvalue weighted by atomic mass is 16.5. The Labute approximate surface area is 150 Å². The molecule has 0 aliphatic carbocycles. The van der Waals surface area contributed by atoms with E-state index < -0.39 is 12.1 Å². The van der Waals surface area contributed by atoms with Crippen LogP contribution < -0.4 is 14.6 Å².